The summed E-state index contributed by atoms with van der Waals surface area (Å²) in [7, 11) is -3.41. The zero-order valence-corrected chi connectivity index (χ0v) is 14.9. The molecule has 0 radical (unpaired) electrons. The number of nitrogens with one attached hydrogen (secondary N) is 1. The van der Waals surface area contributed by atoms with E-state index in [2.05, 4.69) is 17.0 Å². The lowest BCUT2D eigenvalue weighted by atomic mass is 9.99. The van der Waals surface area contributed by atoms with Crippen molar-refractivity contribution in [1.29, 1.82) is 0 Å². The quantitative estimate of drug-likeness (QED) is 0.782. The monoisotopic (exact) mass is 374 g/mol. The topological polar surface area (TPSA) is 101 Å². The average Bonchev–Trinajstić information content (AvgIpc) is 3.00. The van der Waals surface area contributed by atoms with Crippen molar-refractivity contribution >= 4 is 27.3 Å². The molecule has 1 aromatic heterocycles. The molecule has 0 bridgehead atoms. The van der Waals surface area contributed by atoms with Crippen LogP contribution in [0, 0.1) is 5.92 Å². The summed E-state index contributed by atoms with van der Waals surface area (Å²) in [6.07, 6.45) is 5.35. The fourth-order valence-corrected chi connectivity index (χ4v) is 3.54. The largest absolute Gasteiger partial charge is 0.337 e. The molecule has 8 nitrogen and oxygen atoms in total. The first kappa shape index (κ1) is 17.9. The summed E-state index contributed by atoms with van der Waals surface area (Å²) in [4.78, 5) is 25.3. The molecule has 1 saturated heterocycles. The number of para-hydroxylation sites is 1. The maximum atomic E-state index is 12.2. The van der Waals surface area contributed by atoms with E-state index in [1.54, 1.807) is 24.4 Å². The number of carbonyl (C=O) groups excluding carboxylic acids is 2. The molecule has 0 unspecified atom stereocenters. The molecule has 0 spiro atoms. The van der Waals surface area contributed by atoms with Crippen molar-refractivity contribution in [2.24, 2.45) is 5.92 Å². The van der Waals surface area contributed by atoms with Crippen molar-refractivity contribution in [2.45, 2.75) is 4.90 Å². The Morgan fingerprint density at radius 3 is 2.65 bits per heavy atom. The van der Waals surface area contributed by atoms with Crippen LogP contribution in [0.25, 0.3) is 5.69 Å². The highest BCUT2D eigenvalue weighted by Crippen LogP contribution is 2.22. The third-order valence-corrected chi connectivity index (χ3v) is 5.24. The van der Waals surface area contributed by atoms with Crippen molar-refractivity contribution in [3.8, 4) is 5.69 Å². The normalized spacial score (nSPS) is 14.6. The standard InChI is InChI=1S/C17H18N4O4S/c1-3-16(22)20-9-12(10-20)17(23)19-13-8-18-21(11-13)14-6-4-5-7-15(14)26(2,24)25/h3-8,11-12H,1,9-10H2,2H3,(H,19,23). The van der Waals surface area contributed by atoms with E-state index in [0.29, 0.717) is 24.5 Å². The SMILES string of the molecule is C=CC(=O)N1CC(C(=O)Nc2cnn(-c3ccccc3S(C)(=O)=O)c2)C1. The molecule has 0 saturated carbocycles. The molecule has 0 aliphatic carbocycles. The third kappa shape index (κ3) is 3.52. The molecule has 1 aromatic carbocycles. The molecular formula is C17H18N4O4S. The highest BCUT2D eigenvalue weighted by Gasteiger charge is 2.34. The Balaban J connectivity index is 1.71. The van der Waals surface area contributed by atoms with Gasteiger partial charge < -0.3 is 10.2 Å². The Morgan fingerprint density at radius 1 is 1.31 bits per heavy atom. The number of benzene rings is 1. The minimum atomic E-state index is -3.41. The van der Waals surface area contributed by atoms with E-state index in [9.17, 15) is 18.0 Å². The van der Waals surface area contributed by atoms with Crippen LogP contribution in [-0.2, 0) is 19.4 Å². The molecule has 0 atom stereocenters. The minimum absolute atomic E-state index is 0.151. The first-order chi connectivity index (χ1) is 12.3. The Morgan fingerprint density at radius 2 is 2.00 bits per heavy atom. The van der Waals surface area contributed by atoms with Crippen LogP contribution in [-0.4, -0.2) is 54.3 Å². The van der Waals surface area contributed by atoms with Crippen LogP contribution in [0.5, 0.6) is 0 Å². The second kappa shape index (κ2) is 6.75. The van der Waals surface area contributed by atoms with Gasteiger partial charge in [-0.2, -0.15) is 5.10 Å². The number of nitrogens with zero attached hydrogens (tertiary/aromatic N) is 3. The van der Waals surface area contributed by atoms with Crippen molar-refractivity contribution in [2.75, 3.05) is 24.7 Å². The molecule has 1 fully saturated rings. The number of aromatic nitrogens is 2. The van der Waals surface area contributed by atoms with Gasteiger partial charge in [0.25, 0.3) is 0 Å². The van der Waals surface area contributed by atoms with E-state index in [4.69, 9.17) is 0 Å². The first-order valence-electron chi connectivity index (χ1n) is 7.86. The van der Waals surface area contributed by atoms with Gasteiger partial charge in [-0.25, -0.2) is 13.1 Å². The summed E-state index contributed by atoms with van der Waals surface area (Å²) < 4.78 is 25.2. The number of hydrogen-bond acceptors (Lipinski definition) is 5. The van der Waals surface area contributed by atoms with Gasteiger partial charge in [-0.15, -0.1) is 0 Å². The van der Waals surface area contributed by atoms with Crippen LogP contribution >= 0.6 is 0 Å². The van der Waals surface area contributed by atoms with Gasteiger partial charge in [-0.1, -0.05) is 18.7 Å². The van der Waals surface area contributed by atoms with E-state index in [1.165, 1.54) is 27.9 Å². The van der Waals surface area contributed by atoms with Crippen molar-refractivity contribution in [1.82, 2.24) is 14.7 Å². The summed E-state index contributed by atoms with van der Waals surface area (Å²) in [5.41, 5.74) is 0.855. The Kier molecular flexibility index (Phi) is 4.64. The number of carbonyl (C=O) groups is 2. The Labute approximate surface area is 151 Å². The summed E-state index contributed by atoms with van der Waals surface area (Å²) in [6, 6.07) is 6.49. The smallest absolute Gasteiger partial charge is 0.246 e. The van der Waals surface area contributed by atoms with Gasteiger partial charge in [0.1, 0.15) is 0 Å². The molecular weight excluding hydrogens is 356 g/mol. The predicted octanol–water partition coefficient (Wildman–Crippen LogP) is 0.859. The van der Waals surface area contributed by atoms with Crippen LogP contribution in [0.4, 0.5) is 5.69 Å². The van der Waals surface area contributed by atoms with Gasteiger partial charge in [0.15, 0.2) is 9.84 Å². The number of hydrogen-bond donors (Lipinski definition) is 1. The van der Waals surface area contributed by atoms with Crippen LogP contribution in [0.2, 0.25) is 0 Å². The van der Waals surface area contributed by atoms with Gasteiger partial charge in [-0.05, 0) is 18.2 Å². The number of anilines is 1. The van der Waals surface area contributed by atoms with Crippen LogP contribution < -0.4 is 5.32 Å². The summed E-state index contributed by atoms with van der Waals surface area (Å²) in [6.45, 7) is 4.11. The number of likely N-dealkylation sites (tertiary alicyclic amines) is 1. The molecule has 1 N–H and O–H groups in total. The van der Waals surface area contributed by atoms with Gasteiger partial charge in [0, 0.05) is 19.3 Å². The molecule has 3 rings (SSSR count). The number of sulfone groups is 1. The van der Waals surface area contributed by atoms with Gasteiger partial charge in [0.2, 0.25) is 11.8 Å². The highest BCUT2D eigenvalue weighted by atomic mass is 32.2. The zero-order valence-electron chi connectivity index (χ0n) is 14.1. The molecule has 2 amide bonds. The maximum Gasteiger partial charge on any atom is 0.246 e. The number of amides is 2. The average molecular weight is 374 g/mol. The van der Waals surface area contributed by atoms with E-state index < -0.39 is 9.84 Å². The summed E-state index contributed by atoms with van der Waals surface area (Å²) >= 11 is 0. The lowest BCUT2D eigenvalue weighted by Gasteiger charge is -2.37. The van der Waals surface area contributed by atoms with E-state index in [0.717, 1.165) is 6.26 Å². The predicted molar refractivity (Wildman–Crippen MR) is 95.6 cm³/mol. The third-order valence-electron chi connectivity index (χ3n) is 4.10. The van der Waals surface area contributed by atoms with Crippen LogP contribution in [0.15, 0.2) is 54.2 Å². The Hall–Kier alpha value is -2.94. The minimum Gasteiger partial charge on any atom is -0.337 e. The molecule has 9 heteroatoms. The lowest BCUT2D eigenvalue weighted by molar-refractivity contribution is -0.137. The summed E-state index contributed by atoms with van der Waals surface area (Å²) in [5, 5.41) is 6.87. The molecule has 2 heterocycles. The molecule has 136 valence electrons. The molecule has 1 aliphatic heterocycles. The van der Waals surface area contributed by atoms with Gasteiger partial charge in [-0.3, -0.25) is 9.59 Å². The zero-order chi connectivity index (χ0) is 18.9. The van der Waals surface area contributed by atoms with Crippen LogP contribution in [0.3, 0.4) is 0 Å². The fourth-order valence-electron chi connectivity index (χ4n) is 2.68. The highest BCUT2D eigenvalue weighted by molar-refractivity contribution is 7.90. The van der Waals surface area contributed by atoms with Crippen molar-refractivity contribution in [3.05, 3.63) is 49.3 Å². The van der Waals surface area contributed by atoms with Crippen molar-refractivity contribution < 1.29 is 18.0 Å². The van der Waals surface area contributed by atoms with E-state index in [1.807, 2.05) is 0 Å². The van der Waals surface area contributed by atoms with E-state index >= 15 is 0 Å². The second-order valence-electron chi connectivity index (χ2n) is 6.05. The Bertz CT molecular complexity index is 974. The lowest BCUT2D eigenvalue weighted by Crippen LogP contribution is -2.53. The molecule has 2 aromatic rings. The van der Waals surface area contributed by atoms with Crippen LogP contribution in [0.1, 0.15) is 0 Å². The molecule has 26 heavy (non-hydrogen) atoms. The first-order valence-corrected chi connectivity index (χ1v) is 9.75. The second-order valence-corrected chi connectivity index (χ2v) is 8.03. The molecule has 1 aliphatic rings. The van der Waals surface area contributed by atoms with Gasteiger partial charge >= 0.3 is 0 Å². The fraction of sp³-hybridized carbons (Fsp3) is 0.235. The maximum absolute atomic E-state index is 12.2. The van der Waals surface area contributed by atoms with E-state index in [-0.39, 0.29) is 22.6 Å². The van der Waals surface area contributed by atoms with Gasteiger partial charge in [0.05, 0.1) is 34.6 Å². The summed E-state index contributed by atoms with van der Waals surface area (Å²) in [5.74, 6) is -0.695. The number of rotatable bonds is 5. The van der Waals surface area contributed by atoms with Crippen molar-refractivity contribution in [3.63, 3.8) is 0 Å².